The van der Waals surface area contributed by atoms with Gasteiger partial charge >= 0.3 is 0 Å². The van der Waals surface area contributed by atoms with Crippen LogP contribution in [-0.2, 0) is 6.42 Å². The van der Waals surface area contributed by atoms with Gasteiger partial charge in [0.25, 0.3) is 5.91 Å². The molecule has 0 unspecified atom stereocenters. The number of anilines is 1. The van der Waals surface area contributed by atoms with Crippen LogP contribution in [0.1, 0.15) is 15.9 Å². The summed E-state index contributed by atoms with van der Waals surface area (Å²) in [4.78, 5) is 12.0. The zero-order valence-electron chi connectivity index (χ0n) is 10.4. The van der Waals surface area contributed by atoms with Crippen molar-refractivity contribution in [3.8, 4) is 6.07 Å². The molecule has 2 aromatic carbocycles. The first kappa shape index (κ1) is 14.0. The Bertz CT molecular complexity index is 677. The molecule has 0 aromatic heterocycles. The van der Waals surface area contributed by atoms with Crippen LogP contribution >= 0.6 is 11.6 Å². The Balaban J connectivity index is 2.15. The first-order valence-electron chi connectivity index (χ1n) is 5.83. The average molecular weight is 289 g/mol. The molecule has 20 heavy (non-hydrogen) atoms. The minimum Gasteiger partial charge on any atom is -0.322 e. The highest BCUT2D eigenvalue weighted by atomic mass is 35.5. The second kappa shape index (κ2) is 6.18. The van der Waals surface area contributed by atoms with Gasteiger partial charge in [-0.15, -0.1) is 0 Å². The Morgan fingerprint density at radius 2 is 1.95 bits per heavy atom. The average Bonchev–Trinajstić information content (AvgIpc) is 2.44. The van der Waals surface area contributed by atoms with Crippen LogP contribution in [-0.4, -0.2) is 5.91 Å². The van der Waals surface area contributed by atoms with E-state index in [9.17, 15) is 9.18 Å². The van der Waals surface area contributed by atoms with Gasteiger partial charge < -0.3 is 5.32 Å². The van der Waals surface area contributed by atoms with Gasteiger partial charge in [0.05, 0.1) is 23.1 Å². The largest absolute Gasteiger partial charge is 0.322 e. The summed E-state index contributed by atoms with van der Waals surface area (Å²) in [6.07, 6.45) is 0.309. The summed E-state index contributed by atoms with van der Waals surface area (Å²) in [6, 6.07) is 12.9. The third-order valence-electron chi connectivity index (χ3n) is 2.69. The minimum atomic E-state index is -0.635. The predicted molar refractivity (Wildman–Crippen MR) is 75.1 cm³/mol. The number of halogens is 2. The SMILES string of the molecule is N#CCc1ccc(NC(=O)c2cccc(F)c2Cl)cc1. The Morgan fingerprint density at radius 3 is 2.60 bits per heavy atom. The molecule has 2 rings (SSSR count). The molecule has 0 bridgehead atoms. The molecule has 0 aliphatic carbocycles. The number of nitriles is 1. The summed E-state index contributed by atoms with van der Waals surface area (Å²) in [5.41, 5.74) is 1.49. The third-order valence-corrected chi connectivity index (χ3v) is 3.08. The second-order valence-electron chi connectivity index (χ2n) is 4.09. The van der Waals surface area contributed by atoms with Crippen molar-refractivity contribution in [3.05, 3.63) is 64.4 Å². The maximum absolute atomic E-state index is 13.3. The molecule has 0 fully saturated rings. The number of amides is 1. The van der Waals surface area contributed by atoms with Crippen LogP contribution in [0.4, 0.5) is 10.1 Å². The van der Waals surface area contributed by atoms with Crippen molar-refractivity contribution in [2.75, 3.05) is 5.32 Å². The van der Waals surface area contributed by atoms with Crippen molar-refractivity contribution < 1.29 is 9.18 Å². The van der Waals surface area contributed by atoms with Crippen molar-refractivity contribution in [2.24, 2.45) is 0 Å². The summed E-state index contributed by atoms with van der Waals surface area (Å²) in [6.45, 7) is 0. The van der Waals surface area contributed by atoms with Gasteiger partial charge in [-0.05, 0) is 29.8 Å². The number of benzene rings is 2. The first-order chi connectivity index (χ1) is 9.61. The normalized spacial score (nSPS) is 9.85. The number of nitrogens with one attached hydrogen (secondary N) is 1. The highest BCUT2D eigenvalue weighted by Crippen LogP contribution is 2.21. The fourth-order valence-electron chi connectivity index (χ4n) is 1.67. The Labute approximate surface area is 120 Å². The molecule has 0 radical (unpaired) electrons. The van der Waals surface area contributed by atoms with Crippen LogP contribution in [0.3, 0.4) is 0 Å². The highest BCUT2D eigenvalue weighted by Gasteiger charge is 2.13. The van der Waals surface area contributed by atoms with E-state index in [-0.39, 0.29) is 10.6 Å². The standard InChI is InChI=1S/C15H10ClFN2O/c16-14-12(2-1-3-13(14)17)15(20)19-11-6-4-10(5-7-11)8-9-18/h1-7H,8H2,(H,19,20). The molecule has 0 aliphatic heterocycles. The first-order valence-corrected chi connectivity index (χ1v) is 6.21. The van der Waals surface area contributed by atoms with Gasteiger partial charge in [0.15, 0.2) is 0 Å². The predicted octanol–water partition coefficient (Wildman–Crippen LogP) is 3.80. The molecule has 0 heterocycles. The molecule has 1 amide bonds. The second-order valence-corrected chi connectivity index (χ2v) is 4.47. The molecule has 0 saturated heterocycles. The number of carbonyl (C=O) groups excluding carboxylic acids is 1. The van der Waals surface area contributed by atoms with E-state index in [1.165, 1.54) is 18.2 Å². The Hall–Kier alpha value is -2.38. The smallest absolute Gasteiger partial charge is 0.257 e. The molecule has 0 atom stereocenters. The van der Waals surface area contributed by atoms with Crippen LogP contribution in [0, 0.1) is 17.1 Å². The molecule has 5 heteroatoms. The molecular weight excluding hydrogens is 279 g/mol. The van der Waals surface area contributed by atoms with E-state index in [4.69, 9.17) is 16.9 Å². The molecule has 2 aromatic rings. The van der Waals surface area contributed by atoms with Gasteiger partial charge in [-0.3, -0.25) is 4.79 Å². The van der Waals surface area contributed by atoms with E-state index in [0.29, 0.717) is 12.1 Å². The maximum atomic E-state index is 13.3. The van der Waals surface area contributed by atoms with Crippen molar-refractivity contribution in [3.63, 3.8) is 0 Å². The fourth-order valence-corrected chi connectivity index (χ4v) is 1.89. The Kier molecular flexibility index (Phi) is 4.34. The molecular formula is C15H10ClFN2O. The lowest BCUT2D eigenvalue weighted by atomic mass is 10.1. The lowest BCUT2D eigenvalue weighted by molar-refractivity contribution is 0.102. The summed E-state index contributed by atoms with van der Waals surface area (Å²) < 4.78 is 13.3. The number of rotatable bonds is 3. The van der Waals surface area contributed by atoms with E-state index in [1.54, 1.807) is 24.3 Å². The molecule has 0 spiro atoms. The van der Waals surface area contributed by atoms with E-state index in [2.05, 4.69) is 5.32 Å². The van der Waals surface area contributed by atoms with Crippen LogP contribution < -0.4 is 5.32 Å². The van der Waals surface area contributed by atoms with Crippen molar-refractivity contribution >= 4 is 23.2 Å². The quantitative estimate of drug-likeness (QED) is 0.934. The zero-order valence-corrected chi connectivity index (χ0v) is 11.1. The number of hydrogen-bond donors (Lipinski definition) is 1. The summed E-state index contributed by atoms with van der Waals surface area (Å²) >= 11 is 5.75. The van der Waals surface area contributed by atoms with Gasteiger partial charge in [0, 0.05) is 5.69 Å². The number of carbonyl (C=O) groups is 1. The van der Waals surface area contributed by atoms with Gasteiger partial charge in [0.1, 0.15) is 5.82 Å². The topological polar surface area (TPSA) is 52.9 Å². The molecule has 100 valence electrons. The van der Waals surface area contributed by atoms with E-state index in [0.717, 1.165) is 5.56 Å². The number of nitrogens with zero attached hydrogens (tertiary/aromatic N) is 1. The zero-order chi connectivity index (χ0) is 14.5. The summed E-state index contributed by atoms with van der Waals surface area (Å²) in [5.74, 6) is -1.12. The maximum Gasteiger partial charge on any atom is 0.257 e. The van der Waals surface area contributed by atoms with Crippen LogP contribution in [0.25, 0.3) is 0 Å². The Morgan fingerprint density at radius 1 is 1.25 bits per heavy atom. The molecule has 0 saturated carbocycles. The van der Waals surface area contributed by atoms with Crippen molar-refractivity contribution in [1.29, 1.82) is 5.26 Å². The molecule has 0 aliphatic rings. The van der Waals surface area contributed by atoms with Crippen molar-refractivity contribution in [2.45, 2.75) is 6.42 Å². The van der Waals surface area contributed by atoms with Gasteiger partial charge in [-0.25, -0.2) is 4.39 Å². The van der Waals surface area contributed by atoms with Crippen LogP contribution in [0.5, 0.6) is 0 Å². The van der Waals surface area contributed by atoms with Crippen molar-refractivity contribution in [1.82, 2.24) is 0 Å². The van der Waals surface area contributed by atoms with Crippen LogP contribution in [0.2, 0.25) is 5.02 Å². The lowest BCUT2D eigenvalue weighted by Gasteiger charge is -2.07. The lowest BCUT2D eigenvalue weighted by Crippen LogP contribution is -2.12. The highest BCUT2D eigenvalue weighted by molar-refractivity contribution is 6.34. The number of hydrogen-bond acceptors (Lipinski definition) is 2. The van der Waals surface area contributed by atoms with E-state index < -0.39 is 11.7 Å². The van der Waals surface area contributed by atoms with E-state index >= 15 is 0 Å². The van der Waals surface area contributed by atoms with E-state index in [1.807, 2.05) is 6.07 Å². The summed E-state index contributed by atoms with van der Waals surface area (Å²) in [7, 11) is 0. The van der Waals surface area contributed by atoms with Gasteiger partial charge in [0.2, 0.25) is 0 Å². The van der Waals surface area contributed by atoms with Crippen LogP contribution in [0.15, 0.2) is 42.5 Å². The van der Waals surface area contributed by atoms with Gasteiger partial charge in [-0.1, -0.05) is 29.8 Å². The summed E-state index contributed by atoms with van der Waals surface area (Å²) in [5, 5.41) is 11.0. The third kappa shape index (κ3) is 3.14. The monoisotopic (exact) mass is 288 g/mol. The molecule has 3 nitrogen and oxygen atoms in total. The molecule has 1 N–H and O–H groups in total. The minimum absolute atomic E-state index is 0.0766. The van der Waals surface area contributed by atoms with Gasteiger partial charge in [-0.2, -0.15) is 5.26 Å². The fraction of sp³-hybridized carbons (Fsp3) is 0.0667.